The first kappa shape index (κ1) is 19.0. The van der Waals surface area contributed by atoms with Crippen LogP contribution in [0.2, 0.25) is 0 Å². The summed E-state index contributed by atoms with van der Waals surface area (Å²) >= 11 is 0. The first-order chi connectivity index (χ1) is 9.02. The van der Waals surface area contributed by atoms with Crippen molar-refractivity contribution in [3.63, 3.8) is 0 Å². The van der Waals surface area contributed by atoms with E-state index in [-0.39, 0.29) is 0 Å². The quantitative estimate of drug-likeness (QED) is 0.433. The van der Waals surface area contributed by atoms with Crippen LogP contribution < -0.4 is 5.32 Å². The minimum absolute atomic E-state index is 0.399. The predicted molar refractivity (Wildman–Crippen MR) is 88.8 cm³/mol. The van der Waals surface area contributed by atoms with E-state index in [2.05, 4.69) is 39.9 Å². The Balaban J connectivity index is 3.58. The molecular weight excluding hydrogens is 230 g/mol. The van der Waals surface area contributed by atoms with Crippen molar-refractivity contribution < 1.29 is 0 Å². The van der Waals surface area contributed by atoms with E-state index in [4.69, 9.17) is 0 Å². The van der Waals surface area contributed by atoms with Gasteiger partial charge in [-0.3, -0.25) is 0 Å². The molecule has 0 aliphatic heterocycles. The number of hydrogen-bond acceptors (Lipinski definition) is 1. The maximum atomic E-state index is 3.73. The van der Waals surface area contributed by atoms with Crippen molar-refractivity contribution >= 4 is 0 Å². The molecule has 19 heavy (non-hydrogen) atoms. The molecule has 0 bridgehead atoms. The van der Waals surface area contributed by atoms with E-state index in [1.54, 1.807) is 0 Å². The minimum atomic E-state index is 0.399. The van der Waals surface area contributed by atoms with E-state index in [1.165, 1.54) is 70.8 Å². The van der Waals surface area contributed by atoms with Gasteiger partial charge in [0.2, 0.25) is 0 Å². The monoisotopic (exact) mass is 269 g/mol. The highest BCUT2D eigenvalue weighted by Gasteiger charge is 2.22. The van der Waals surface area contributed by atoms with Gasteiger partial charge in [0.05, 0.1) is 0 Å². The molecule has 0 aliphatic rings. The van der Waals surface area contributed by atoms with Gasteiger partial charge in [0.15, 0.2) is 0 Å². The lowest BCUT2D eigenvalue weighted by molar-refractivity contribution is 0.249. The Morgan fingerprint density at radius 2 is 1.26 bits per heavy atom. The molecule has 1 atom stereocenters. The van der Waals surface area contributed by atoms with E-state index in [0.29, 0.717) is 11.5 Å². The smallest absolute Gasteiger partial charge is 0.0116 e. The molecule has 0 rings (SSSR count). The standard InChI is InChI=1S/C18H39N/c1-6-8-9-10-11-12-13-14-15-17(18(3,4)5)19-16-7-2/h17,19H,6-16H2,1-5H3. The molecule has 0 aromatic heterocycles. The normalized spacial score (nSPS) is 13.7. The van der Waals surface area contributed by atoms with Crippen LogP contribution in [0.3, 0.4) is 0 Å². The highest BCUT2D eigenvalue weighted by Crippen LogP contribution is 2.24. The van der Waals surface area contributed by atoms with Crippen molar-refractivity contribution in [3.05, 3.63) is 0 Å². The molecule has 0 saturated heterocycles. The first-order valence-corrected chi connectivity index (χ1v) is 8.75. The molecule has 0 amide bonds. The Morgan fingerprint density at radius 3 is 1.74 bits per heavy atom. The second-order valence-corrected chi connectivity index (χ2v) is 7.14. The molecule has 0 spiro atoms. The molecule has 1 unspecified atom stereocenters. The summed E-state index contributed by atoms with van der Waals surface area (Å²) < 4.78 is 0. The molecule has 0 aromatic carbocycles. The van der Waals surface area contributed by atoms with Crippen molar-refractivity contribution in [2.75, 3.05) is 6.54 Å². The second kappa shape index (κ2) is 11.8. The van der Waals surface area contributed by atoms with Crippen molar-refractivity contribution in [3.8, 4) is 0 Å². The topological polar surface area (TPSA) is 12.0 Å². The highest BCUT2D eigenvalue weighted by atomic mass is 14.9. The van der Waals surface area contributed by atoms with Gasteiger partial charge in [0, 0.05) is 6.04 Å². The van der Waals surface area contributed by atoms with Gasteiger partial charge in [0.1, 0.15) is 0 Å². The first-order valence-electron chi connectivity index (χ1n) is 8.75. The van der Waals surface area contributed by atoms with Crippen LogP contribution in [-0.2, 0) is 0 Å². The summed E-state index contributed by atoms with van der Waals surface area (Å²) in [4.78, 5) is 0. The zero-order chi connectivity index (χ0) is 14.6. The molecule has 1 heteroatoms. The fourth-order valence-electron chi connectivity index (χ4n) is 2.64. The number of nitrogens with one attached hydrogen (secondary N) is 1. The summed E-state index contributed by atoms with van der Waals surface area (Å²) in [6, 6.07) is 0.688. The summed E-state index contributed by atoms with van der Waals surface area (Å²) in [6.07, 6.45) is 14.0. The largest absolute Gasteiger partial charge is 0.313 e. The maximum absolute atomic E-state index is 3.73. The van der Waals surface area contributed by atoms with E-state index in [1.807, 2.05) is 0 Å². The molecule has 0 aliphatic carbocycles. The molecule has 0 radical (unpaired) electrons. The molecule has 0 heterocycles. The summed E-state index contributed by atoms with van der Waals surface area (Å²) in [5, 5.41) is 3.73. The van der Waals surface area contributed by atoms with Crippen LogP contribution in [0.1, 0.15) is 98.8 Å². The van der Waals surface area contributed by atoms with Gasteiger partial charge in [-0.1, -0.05) is 86.0 Å². The molecule has 116 valence electrons. The van der Waals surface area contributed by atoms with E-state index < -0.39 is 0 Å². The van der Waals surface area contributed by atoms with E-state index in [0.717, 1.165) is 0 Å². The molecule has 0 saturated carbocycles. The number of hydrogen-bond donors (Lipinski definition) is 1. The Morgan fingerprint density at radius 1 is 0.737 bits per heavy atom. The van der Waals surface area contributed by atoms with Crippen LogP contribution in [0.25, 0.3) is 0 Å². The summed E-state index contributed by atoms with van der Waals surface area (Å²) in [5.74, 6) is 0. The van der Waals surface area contributed by atoms with Crippen molar-refractivity contribution in [2.24, 2.45) is 5.41 Å². The average Bonchev–Trinajstić information content (AvgIpc) is 2.34. The SMILES string of the molecule is CCCCCCCCCCC(NCCC)C(C)(C)C. The van der Waals surface area contributed by atoms with Crippen molar-refractivity contribution in [1.82, 2.24) is 5.32 Å². The van der Waals surface area contributed by atoms with Crippen LogP contribution in [0.4, 0.5) is 0 Å². The predicted octanol–water partition coefficient (Wildman–Crippen LogP) is 5.93. The van der Waals surface area contributed by atoms with Crippen LogP contribution in [-0.4, -0.2) is 12.6 Å². The van der Waals surface area contributed by atoms with Gasteiger partial charge in [-0.05, 0) is 24.8 Å². The number of unbranched alkanes of at least 4 members (excludes halogenated alkanes) is 7. The van der Waals surface area contributed by atoms with Gasteiger partial charge >= 0.3 is 0 Å². The van der Waals surface area contributed by atoms with Crippen LogP contribution in [0.15, 0.2) is 0 Å². The molecule has 1 nitrogen and oxygen atoms in total. The van der Waals surface area contributed by atoms with Crippen LogP contribution in [0, 0.1) is 5.41 Å². The second-order valence-electron chi connectivity index (χ2n) is 7.14. The number of rotatable bonds is 12. The zero-order valence-corrected chi connectivity index (χ0v) is 14.4. The summed E-state index contributed by atoms with van der Waals surface area (Å²) in [6.45, 7) is 12.8. The highest BCUT2D eigenvalue weighted by molar-refractivity contribution is 4.80. The fraction of sp³-hybridized carbons (Fsp3) is 1.00. The Labute approximate surface area is 122 Å². The van der Waals surface area contributed by atoms with Gasteiger partial charge in [-0.15, -0.1) is 0 Å². The van der Waals surface area contributed by atoms with Gasteiger partial charge in [-0.2, -0.15) is 0 Å². The zero-order valence-electron chi connectivity index (χ0n) is 14.4. The third-order valence-electron chi connectivity index (χ3n) is 4.03. The van der Waals surface area contributed by atoms with E-state index in [9.17, 15) is 0 Å². The third-order valence-corrected chi connectivity index (χ3v) is 4.03. The third kappa shape index (κ3) is 11.5. The lowest BCUT2D eigenvalue weighted by Crippen LogP contribution is -2.40. The Hall–Kier alpha value is -0.0400. The maximum Gasteiger partial charge on any atom is 0.0116 e. The van der Waals surface area contributed by atoms with Crippen molar-refractivity contribution in [2.45, 2.75) is 105 Å². The van der Waals surface area contributed by atoms with Crippen LogP contribution in [0.5, 0.6) is 0 Å². The lowest BCUT2D eigenvalue weighted by atomic mass is 9.83. The Kier molecular flexibility index (Phi) is 11.7. The average molecular weight is 270 g/mol. The molecule has 0 fully saturated rings. The van der Waals surface area contributed by atoms with Gasteiger partial charge in [0.25, 0.3) is 0 Å². The molecular formula is C18H39N. The summed E-state index contributed by atoms with van der Waals surface area (Å²) in [5.41, 5.74) is 0.399. The van der Waals surface area contributed by atoms with Crippen molar-refractivity contribution in [1.29, 1.82) is 0 Å². The van der Waals surface area contributed by atoms with E-state index >= 15 is 0 Å². The Bertz CT molecular complexity index is 181. The minimum Gasteiger partial charge on any atom is -0.313 e. The fourth-order valence-corrected chi connectivity index (χ4v) is 2.64. The van der Waals surface area contributed by atoms with Gasteiger partial charge in [-0.25, -0.2) is 0 Å². The molecule has 0 aromatic rings. The molecule has 1 N–H and O–H groups in total. The van der Waals surface area contributed by atoms with Gasteiger partial charge < -0.3 is 5.32 Å². The van der Waals surface area contributed by atoms with Crippen LogP contribution >= 0.6 is 0 Å². The summed E-state index contributed by atoms with van der Waals surface area (Å²) in [7, 11) is 0. The lowest BCUT2D eigenvalue weighted by Gasteiger charge is -2.32.